The van der Waals surface area contributed by atoms with Crippen molar-refractivity contribution in [3.63, 3.8) is 0 Å². The van der Waals surface area contributed by atoms with E-state index < -0.39 is 0 Å². The molecule has 2 N–H and O–H groups in total. The monoisotopic (exact) mass is 213 g/mol. The van der Waals surface area contributed by atoms with Gasteiger partial charge in [-0.25, -0.2) is 4.79 Å². The maximum atomic E-state index is 11.4. The second-order valence-electron chi connectivity index (χ2n) is 4.54. The Bertz CT molecular complexity index is 188. The normalized spacial score (nSPS) is 17.0. The fourth-order valence-electron chi connectivity index (χ4n) is 1.90. The number of carbonyl (C=O) groups is 1. The molecular weight excluding hydrogens is 190 g/mol. The van der Waals surface area contributed by atoms with Crippen molar-refractivity contribution in [1.82, 2.24) is 15.5 Å². The second kappa shape index (κ2) is 6.67. The third kappa shape index (κ3) is 5.62. The van der Waals surface area contributed by atoms with Crippen LogP contribution in [0.15, 0.2) is 0 Å². The van der Waals surface area contributed by atoms with Crippen LogP contribution in [0.1, 0.15) is 32.1 Å². The van der Waals surface area contributed by atoms with E-state index in [9.17, 15) is 4.79 Å². The molecule has 0 unspecified atom stereocenters. The molecule has 0 aliphatic heterocycles. The van der Waals surface area contributed by atoms with Crippen molar-refractivity contribution in [1.29, 1.82) is 0 Å². The molecule has 1 fully saturated rings. The van der Waals surface area contributed by atoms with Crippen molar-refractivity contribution in [2.24, 2.45) is 0 Å². The van der Waals surface area contributed by atoms with Gasteiger partial charge in [-0.3, -0.25) is 0 Å². The number of nitrogens with one attached hydrogen (secondary N) is 2. The molecule has 2 amide bonds. The largest absolute Gasteiger partial charge is 0.338 e. The molecule has 0 saturated heterocycles. The second-order valence-corrected chi connectivity index (χ2v) is 4.54. The lowest BCUT2D eigenvalue weighted by Gasteiger charge is -2.13. The molecule has 1 rings (SSSR count). The zero-order valence-electron chi connectivity index (χ0n) is 9.88. The number of carbonyl (C=O) groups excluding carboxylic acids is 1. The summed E-state index contributed by atoms with van der Waals surface area (Å²) >= 11 is 0. The van der Waals surface area contributed by atoms with Crippen LogP contribution in [0.3, 0.4) is 0 Å². The van der Waals surface area contributed by atoms with Crippen molar-refractivity contribution in [2.75, 3.05) is 27.2 Å². The molecule has 0 bridgehead atoms. The van der Waals surface area contributed by atoms with Gasteiger partial charge in [-0.2, -0.15) is 0 Å². The molecule has 4 nitrogen and oxygen atoms in total. The summed E-state index contributed by atoms with van der Waals surface area (Å²) in [6.07, 6.45) is 5.80. The van der Waals surface area contributed by atoms with E-state index in [2.05, 4.69) is 15.5 Å². The van der Waals surface area contributed by atoms with Crippen molar-refractivity contribution in [3.05, 3.63) is 0 Å². The summed E-state index contributed by atoms with van der Waals surface area (Å²) in [7, 11) is 4.08. The number of amides is 2. The lowest BCUT2D eigenvalue weighted by atomic mass is 10.2. The zero-order chi connectivity index (χ0) is 11.1. The Kier molecular flexibility index (Phi) is 5.47. The fourth-order valence-corrected chi connectivity index (χ4v) is 1.90. The molecule has 0 spiro atoms. The molecule has 0 aromatic heterocycles. The first-order chi connectivity index (χ1) is 7.18. The molecule has 0 aromatic carbocycles. The molecule has 1 aliphatic rings. The Morgan fingerprint density at radius 3 is 2.60 bits per heavy atom. The first-order valence-electron chi connectivity index (χ1n) is 5.87. The van der Waals surface area contributed by atoms with Crippen LogP contribution in [0, 0.1) is 0 Å². The van der Waals surface area contributed by atoms with Crippen LogP contribution in [-0.2, 0) is 0 Å². The minimum Gasteiger partial charge on any atom is -0.338 e. The van der Waals surface area contributed by atoms with E-state index in [1.165, 1.54) is 12.8 Å². The van der Waals surface area contributed by atoms with Gasteiger partial charge in [-0.15, -0.1) is 0 Å². The predicted octanol–water partition coefficient (Wildman–Crippen LogP) is 1.18. The summed E-state index contributed by atoms with van der Waals surface area (Å²) in [6.45, 7) is 1.78. The highest BCUT2D eigenvalue weighted by molar-refractivity contribution is 5.74. The molecule has 4 heteroatoms. The van der Waals surface area contributed by atoms with Crippen LogP contribution >= 0.6 is 0 Å². The molecule has 0 aromatic rings. The van der Waals surface area contributed by atoms with Crippen molar-refractivity contribution < 1.29 is 4.79 Å². The predicted molar refractivity (Wildman–Crippen MR) is 62.0 cm³/mol. The molecule has 0 radical (unpaired) electrons. The SMILES string of the molecule is CN(C)CCCNC(=O)NC1CCCC1. The Hall–Kier alpha value is -0.770. The Labute approximate surface area is 92.4 Å². The van der Waals surface area contributed by atoms with E-state index in [0.29, 0.717) is 6.04 Å². The average molecular weight is 213 g/mol. The van der Waals surface area contributed by atoms with Gasteiger partial charge in [0.15, 0.2) is 0 Å². The summed E-state index contributed by atoms with van der Waals surface area (Å²) < 4.78 is 0. The first kappa shape index (κ1) is 12.3. The number of urea groups is 1. The van der Waals surface area contributed by atoms with Crippen LogP contribution in [0.4, 0.5) is 4.79 Å². The molecular formula is C11H23N3O. The quantitative estimate of drug-likeness (QED) is 0.674. The highest BCUT2D eigenvalue weighted by Crippen LogP contribution is 2.17. The molecule has 1 aliphatic carbocycles. The number of hydrogen-bond donors (Lipinski definition) is 2. The minimum atomic E-state index is 0.000608. The Balaban J connectivity index is 1.98. The van der Waals surface area contributed by atoms with Gasteiger partial charge < -0.3 is 15.5 Å². The van der Waals surface area contributed by atoms with E-state index in [-0.39, 0.29) is 6.03 Å². The van der Waals surface area contributed by atoms with Crippen molar-refractivity contribution in [2.45, 2.75) is 38.1 Å². The average Bonchev–Trinajstić information content (AvgIpc) is 2.64. The maximum absolute atomic E-state index is 11.4. The molecule has 0 heterocycles. The highest BCUT2D eigenvalue weighted by atomic mass is 16.2. The maximum Gasteiger partial charge on any atom is 0.315 e. The molecule has 0 atom stereocenters. The van der Waals surface area contributed by atoms with E-state index in [1.807, 2.05) is 14.1 Å². The van der Waals surface area contributed by atoms with Gasteiger partial charge >= 0.3 is 6.03 Å². The van der Waals surface area contributed by atoms with Gasteiger partial charge in [0.1, 0.15) is 0 Å². The van der Waals surface area contributed by atoms with Gasteiger partial charge in [0.05, 0.1) is 0 Å². The summed E-state index contributed by atoms with van der Waals surface area (Å²) in [4.78, 5) is 13.5. The van der Waals surface area contributed by atoms with Crippen LogP contribution in [0.2, 0.25) is 0 Å². The van der Waals surface area contributed by atoms with E-state index in [4.69, 9.17) is 0 Å². The van der Waals surface area contributed by atoms with Crippen LogP contribution in [0.5, 0.6) is 0 Å². The van der Waals surface area contributed by atoms with Crippen LogP contribution in [0.25, 0.3) is 0 Å². The van der Waals surface area contributed by atoms with Crippen LogP contribution in [-0.4, -0.2) is 44.2 Å². The first-order valence-corrected chi connectivity index (χ1v) is 5.87. The fraction of sp³-hybridized carbons (Fsp3) is 0.909. The van der Waals surface area contributed by atoms with Crippen LogP contribution < -0.4 is 10.6 Å². The Morgan fingerprint density at radius 2 is 2.00 bits per heavy atom. The van der Waals surface area contributed by atoms with Gasteiger partial charge in [0.2, 0.25) is 0 Å². The Morgan fingerprint density at radius 1 is 1.33 bits per heavy atom. The smallest absolute Gasteiger partial charge is 0.315 e. The van der Waals surface area contributed by atoms with Gasteiger partial charge in [-0.05, 0) is 39.9 Å². The van der Waals surface area contributed by atoms with E-state index in [0.717, 1.165) is 32.4 Å². The van der Waals surface area contributed by atoms with Gasteiger partial charge in [-0.1, -0.05) is 12.8 Å². The number of nitrogens with zero attached hydrogens (tertiary/aromatic N) is 1. The standard InChI is InChI=1S/C11H23N3O/c1-14(2)9-5-8-12-11(15)13-10-6-3-4-7-10/h10H,3-9H2,1-2H3,(H2,12,13,15). The summed E-state index contributed by atoms with van der Waals surface area (Å²) in [6, 6.07) is 0.416. The van der Waals surface area contributed by atoms with E-state index >= 15 is 0 Å². The lowest BCUT2D eigenvalue weighted by Crippen LogP contribution is -2.41. The molecule has 88 valence electrons. The van der Waals surface area contributed by atoms with Gasteiger partial charge in [0, 0.05) is 12.6 Å². The molecule has 1 saturated carbocycles. The minimum absolute atomic E-state index is 0.000608. The third-order valence-electron chi connectivity index (χ3n) is 2.76. The third-order valence-corrected chi connectivity index (χ3v) is 2.76. The number of hydrogen-bond acceptors (Lipinski definition) is 2. The van der Waals surface area contributed by atoms with Crippen molar-refractivity contribution in [3.8, 4) is 0 Å². The summed E-state index contributed by atoms with van der Waals surface area (Å²) in [5, 5.41) is 5.89. The van der Waals surface area contributed by atoms with Gasteiger partial charge in [0.25, 0.3) is 0 Å². The summed E-state index contributed by atoms with van der Waals surface area (Å²) in [5.41, 5.74) is 0. The van der Waals surface area contributed by atoms with Crippen molar-refractivity contribution >= 4 is 6.03 Å². The molecule has 15 heavy (non-hydrogen) atoms. The zero-order valence-corrected chi connectivity index (χ0v) is 9.88. The highest BCUT2D eigenvalue weighted by Gasteiger charge is 2.16. The summed E-state index contributed by atoms with van der Waals surface area (Å²) in [5.74, 6) is 0. The number of rotatable bonds is 5. The lowest BCUT2D eigenvalue weighted by molar-refractivity contribution is 0.236. The topological polar surface area (TPSA) is 44.4 Å². The van der Waals surface area contributed by atoms with E-state index in [1.54, 1.807) is 0 Å².